The van der Waals surface area contributed by atoms with Gasteiger partial charge in [0.15, 0.2) is 0 Å². The predicted octanol–water partition coefficient (Wildman–Crippen LogP) is 5.34. The summed E-state index contributed by atoms with van der Waals surface area (Å²) >= 11 is 0. The first-order chi connectivity index (χ1) is 46.6. The zero-order valence-corrected chi connectivity index (χ0v) is 59.1. The highest BCUT2D eigenvalue weighted by Gasteiger charge is 2.35. The normalized spacial score (nSPS) is 21.7. The zero-order chi connectivity index (χ0) is 70.7. The number of likely N-dealkylation sites (tertiary alicyclic amines) is 4. The van der Waals surface area contributed by atoms with Crippen LogP contribution in [0.4, 0.5) is 9.59 Å². The van der Waals surface area contributed by atoms with Crippen LogP contribution >= 0.6 is 0 Å². The molecule has 4 aromatic carbocycles. The first-order valence-electron chi connectivity index (χ1n) is 32.8. The maximum absolute atomic E-state index is 12.1. The first kappa shape index (κ1) is 73.6. The van der Waals surface area contributed by atoms with Gasteiger partial charge in [0.2, 0.25) is 0 Å². The number of hydrogen-bond acceptors (Lipinski definition) is 20. The van der Waals surface area contributed by atoms with Crippen molar-refractivity contribution in [2.24, 2.45) is 52.4 Å². The molecule has 8 aliphatic rings. The molecule has 0 aromatic heterocycles. The van der Waals surface area contributed by atoms with Crippen molar-refractivity contribution in [1.82, 2.24) is 30.2 Å². The fourth-order valence-corrected chi connectivity index (χ4v) is 17.4. The molecule has 4 saturated heterocycles. The molecule has 0 aliphatic carbocycles. The Kier molecular flexibility index (Phi) is 24.0. The number of fused-ring (bicyclic) bond motifs is 4. The third kappa shape index (κ3) is 18.6. The van der Waals surface area contributed by atoms with Crippen molar-refractivity contribution in [3.8, 4) is 23.0 Å². The van der Waals surface area contributed by atoms with Gasteiger partial charge in [-0.2, -0.15) is 0 Å². The zero-order valence-electron chi connectivity index (χ0n) is 55.9. The monoisotopic (exact) mass is 1430 g/mol. The van der Waals surface area contributed by atoms with E-state index < -0.39 is 40.1 Å². The third-order valence-corrected chi connectivity index (χ3v) is 22.4. The van der Waals surface area contributed by atoms with Crippen LogP contribution in [0.1, 0.15) is 123 Å². The number of ether oxygens (including phenoxy) is 4. The molecule has 0 radical (unpaired) electrons. The molecule has 12 rings (SSSR count). The molecule has 28 nitrogen and oxygen atoms in total. The molecular formula is C66H90N14O14S4. The van der Waals surface area contributed by atoms with E-state index in [2.05, 4.69) is 65.0 Å². The van der Waals surface area contributed by atoms with E-state index in [-0.39, 0.29) is 70.5 Å². The summed E-state index contributed by atoms with van der Waals surface area (Å²) in [6.45, 7) is 22.1. The summed E-state index contributed by atoms with van der Waals surface area (Å²) < 4.78 is 132. The van der Waals surface area contributed by atoms with Gasteiger partial charge in [-0.05, 0) is 105 Å². The maximum atomic E-state index is 12.1. The number of benzene rings is 4. The van der Waals surface area contributed by atoms with E-state index in [9.17, 15) is 43.3 Å². The summed E-state index contributed by atoms with van der Waals surface area (Å²) in [5, 5.41) is 5.43. The first-order valence-corrected chi connectivity index (χ1v) is 39.3. The number of carbonyl (C=O) groups excluding carboxylic acids is 2. The Labute approximate surface area is 574 Å². The van der Waals surface area contributed by atoms with Crippen LogP contribution in [-0.4, -0.2) is 180 Å². The highest BCUT2D eigenvalue weighted by molar-refractivity contribution is 7.90. The summed E-state index contributed by atoms with van der Waals surface area (Å²) in [6.07, 6.45) is 8.80. The van der Waals surface area contributed by atoms with E-state index >= 15 is 0 Å². The van der Waals surface area contributed by atoms with Crippen LogP contribution in [0.5, 0.6) is 23.0 Å². The number of urea groups is 2. The number of hydrogen-bond donors (Lipinski definition) is 6. The minimum atomic E-state index is -3.57. The van der Waals surface area contributed by atoms with Gasteiger partial charge in [0.25, 0.3) is 40.1 Å². The van der Waals surface area contributed by atoms with Crippen molar-refractivity contribution < 1.29 is 62.2 Å². The van der Waals surface area contributed by atoms with Crippen LogP contribution in [0, 0.1) is 11.8 Å². The summed E-state index contributed by atoms with van der Waals surface area (Å²) in [6, 6.07) is 20.8. The molecule has 10 N–H and O–H groups in total. The van der Waals surface area contributed by atoms with Gasteiger partial charge in [0.1, 0.15) is 59.6 Å². The van der Waals surface area contributed by atoms with E-state index in [0.29, 0.717) is 125 Å². The van der Waals surface area contributed by atoms with Crippen LogP contribution in [0.3, 0.4) is 0 Å². The number of amides is 4. The quantitative estimate of drug-likeness (QED) is 0.0732. The lowest BCUT2D eigenvalue weighted by molar-refractivity contribution is 0.165. The highest BCUT2D eigenvalue weighted by Crippen LogP contribution is 2.35. The van der Waals surface area contributed by atoms with Gasteiger partial charge >= 0.3 is 12.1 Å². The number of allylic oxidation sites excluding steroid dienone is 2. The minimum absolute atomic E-state index is 0.0132. The number of nitrogens with one attached hydrogen (secondary N) is 2. The summed E-state index contributed by atoms with van der Waals surface area (Å²) in [7, 11) is -12.6. The molecule has 0 saturated carbocycles. The SMILES string of the molecule is C=C(CC)N1CCC(COc2cccc3c2C(N)=NS(=O)(=O)C3)C1.C=C(CCC)N1CCC(COc2cccc3c2C(N)=NS(=O)(=O)C3)C1.CCNC(=O)N1CCC[C@@H]1COc1cccc2c1C(N)=NS(=O)(=O)C2.CNC(=O)N1CCC[C@@H]1COc1cccc2c1C(N)=NS(=O)(=O)C2. The van der Waals surface area contributed by atoms with Crippen LogP contribution in [0.2, 0.25) is 0 Å². The van der Waals surface area contributed by atoms with Gasteiger partial charge in [0, 0.05) is 76.1 Å². The fraction of sp³-hybridized carbons (Fsp3) is 0.485. The van der Waals surface area contributed by atoms with Gasteiger partial charge in [-0.3, -0.25) is 0 Å². The number of amidine groups is 4. The highest BCUT2D eigenvalue weighted by atomic mass is 32.2. The Balaban J connectivity index is 0.000000153. The number of sulfonamides is 4. The van der Waals surface area contributed by atoms with Crippen LogP contribution < -0.4 is 52.5 Å². The van der Waals surface area contributed by atoms with Crippen molar-refractivity contribution in [1.29, 1.82) is 0 Å². The molecule has 98 heavy (non-hydrogen) atoms. The number of rotatable bonds is 18. The molecule has 8 heterocycles. The fourth-order valence-electron chi connectivity index (χ4n) is 13.0. The van der Waals surface area contributed by atoms with E-state index in [1.807, 2.05) is 19.1 Å². The van der Waals surface area contributed by atoms with E-state index in [1.165, 1.54) is 5.70 Å². The molecule has 4 fully saturated rings. The summed E-state index contributed by atoms with van der Waals surface area (Å²) in [4.78, 5) is 32.1. The lowest BCUT2D eigenvalue weighted by Crippen LogP contribution is -2.45. The van der Waals surface area contributed by atoms with E-state index in [1.54, 1.807) is 77.5 Å². The second kappa shape index (κ2) is 31.9. The molecular weight excluding hydrogens is 1340 g/mol. The van der Waals surface area contributed by atoms with Crippen molar-refractivity contribution in [2.45, 2.75) is 114 Å². The van der Waals surface area contributed by atoms with E-state index in [4.69, 9.17) is 41.9 Å². The molecule has 4 aromatic rings. The largest absolute Gasteiger partial charge is 0.492 e. The van der Waals surface area contributed by atoms with E-state index in [0.717, 1.165) is 89.7 Å². The summed E-state index contributed by atoms with van der Waals surface area (Å²) in [5.41, 5.74) is 30.5. The Morgan fingerprint density at radius 2 is 0.827 bits per heavy atom. The van der Waals surface area contributed by atoms with Crippen molar-refractivity contribution in [3.63, 3.8) is 0 Å². The van der Waals surface area contributed by atoms with Crippen molar-refractivity contribution in [2.75, 3.05) is 79.3 Å². The predicted molar refractivity (Wildman–Crippen MR) is 377 cm³/mol. The molecule has 532 valence electrons. The summed E-state index contributed by atoms with van der Waals surface area (Å²) in [5.74, 6) is 2.35. The molecule has 4 amide bonds. The Morgan fingerprint density at radius 3 is 1.15 bits per heavy atom. The van der Waals surface area contributed by atoms with Gasteiger partial charge < -0.3 is 72.1 Å². The minimum Gasteiger partial charge on any atom is -0.492 e. The lowest BCUT2D eigenvalue weighted by atomic mass is 10.1. The smallest absolute Gasteiger partial charge is 0.317 e. The molecule has 32 heteroatoms. The number of nitrogens with two attached hydrogens (primary N) is 4. The number of nitrogens with zero attached hydrogens (tertiary/aromatic N) is 8. The van der Waals surface area contributed by atoms with Gasteiger partial charge in [-0.1, -0.05) is 82.0 Å². The second-order valence-electron chi connectivity index (χ2n) is 25.0. The number of carbonyl (C=O) groups is 2. The average molecular weight is 1430 g/mol. The Bertz CT molecular complexity index is 4260. The lowest BCUT2D eigenvalue weighted by Gasteiger charge is -2.26. The second-order valence-corrected chi connectivity index (χ2v) is 31.6. The van der Waals surface area contributed by atoms with Gasteiger partial charge in [0.05, 0.1) is 70.6 Å². The molecule has 4 atom stereocenters. The van der Waals surface area contributed by atoms with Crippen LogP contribution in [-0.2, 0) is 63.1 Å². The third-order valence-electron chi connectivity index (χ3n) is 17.8. The van der Waals surface area contributed by atoms with Crippen LogP contribution in [0.25, 0.3) is 0 Å². The molecule has 8 aliphatic heterocycles. The standard InChI is InChI=1S/C18H25N3O3S.C17H23N3O3S.C16H22N4O4S.C15H20N4O4S/c1-3-5-13(2)21-9-8-14(10-21)11-24-16-7-4-6-15-12-25(22,23)20-18(19)17(15)16;1-3-12(2)20-8-7-13(9-20)10-23-15-6-4-5-14-11-24(21,22)19-17(18)16(14)15;1-2-18-16(21)20-8-4-6-12(20)9-24-13-7-3-5-11-10-25(22,23)19-15(17)14(11)13;1-17-15(20)19-7-3-5-11(19)8-23-12-6-2-4-10-9-24(21,22)18-14(16)13(10)12/h4,6-7,14H,2-3,5,8-12H2,1H3,(H2,19,20);4-6,13H,2-3,7-11H2,1H3,(H2,18,19);3,5,7,12H,2,4,6,8-10H2,1H3,(H2,17,19)(H,18,21);2,4,6,11H,3,5,7-9H2,1H3,(H2,16,18)(H,17,20)/t;;12-;11-/m..11/s1. The molecule has 2 unspecified atom stereocenters. The van der Waals surface area contributed by atoms with Crippen molar-refractivity contribution >= 4 is 75.5 Å². The molecule has 0 bridgehead atoms. The Morgan fingerprint density at radius 1 is 0.490 bits per heavy atom. The average Bonchev–Trinajstić information content (AvgIpc) is 1.12. The van der Waals surface area contributed by atoms with Crippen LogP contribution in [0.15, 0.2) is 115 Å². The molecule has 0 spiro atoms. The van der Waals surface area contributed by atoms with Gasteiger partial charge in [-0.15, -0.1) is 17.6 Å². The van der Waals surface area contributed by atoms with Crippen molar-refractivity contribution in [3.05, 3.63) is 142 Å². The van der Waals surface area contributed by atoms with Gasteiger partial charge in [-0.25, -0.2) is 43.3 Å². The topological polar surface area (TPSA) is 398 Å². The Hall–Kier alpha value is -8.62. The maximum Gasteiger partial charge on any atom is 0.317 e.